The number of likely N-dealkylation sites (N-methyl/N-ethyl adjacent to an activating group) is 1. The monoisotopic (exact) mass is 583 g/mol. The van der Waals surface area contributed by atoms with Crippen LogP contribution in [0.1, 0.15) is 57.5 Å². The molecule has 1 atom stereocenters. The Labute approximate surface area is 255 Å². The van der Waals surface area contributed by atoms with Gasteiger partial charge in [0.15, 0.2) is 0 Å². The van der Waals surface area contributed by atoms with Gasteiger partial charge in [-0.15, -0.1) is 0 Å². The van der Waals surface area contributed by atoms with Crippen molar-refractivity contribution in [2.75, 3.05) is 14.1 Å². The quantitative estimate of drug-likeness (QED) is 0.201. The number of imidazole rings is 1. The lowest BCUT2D eigenvalue weighted by molar-refractivity contribution is 0.411. The second kappa shape index (κ2) is 13.3. The first-order valence-electron chi connectivity index (χ1n) is 14.3. The molecule has 2 aromatic heterocycles. The molecule has 0 fully saturated rings. The van der Waals surface area contributed by atoms with Crippen LogP contribution >= 0.6 is 11.6 Å². The maximum atomic E-state index is 6.99. The van der Waals surface area contributed by atoms with Crippen LogP contribution in [-0.2, 0) is 12.5 Å². The van der Waals surface area contributed by atoms with Crippen molar-refractivity contribution in [1.29, 1.82) is 0 Å². The minimum absolute atomic E-state index is 0.591. The van der Waals surface area contributed by atoms with Gasteiger partial charge in [-0.05, 0) is 75.6 Å². The van der Waals surface area contributed by atoms with Crippen LogP contribution < -0.4 is 0 Å². The van der Waals surface area contributed by atoms with Crippen LogP contribution in [0.15, 0.2) is 111 Å². The number of dihydropyridines is 1. The molecule has 4 rings (SSSR count). The number of halogens is 1. The van der Waals surface area contributed by atoms with Crippen molar-refractivity contribution in [3.63, 3.8) is 0 Å². The molecule has 0 aromatic carbocycles. The van der Waals surface area contributed by atoms with Crippen molar-refractivity contribution >= 4 is 29.7 Å². The maximum Gasteiger partial charge on any atom is 0.105 e. The van der Waals surface area contributed by atoms with E-state index in [9.17, 15) is 0 Å². The number of rotatable bonds is 11. The van der Waals surface area contributed by atoms with E-state index in [-0.39, 0.29) is 0 Å². The molecule has 1 aliphatic heterocycles. The number of aliphatic imine (C=N–C) groups is 2. The summed E-state index contributed by atoms with van der Waals surface area (Å²) in [6.07, 6.45) is 22.1. The van der Waals surface area contributed by atoms with Gasteiger partial charge >= 0.3 is 0 Å². The van der Waals surface area contributed by atoms with E-state index >= 15 is 0 Å². The Bertz CT molecular complexity index is 1550. The highest BCUT2D eigenvalue weighted by Gasteiger charge is 2.38. The Balaban J connectivity index is 1.67. The number of allylic oxidation sites excluding steroid dienone is 10. The van der Waals surface area contributed by atoms with Gasteiger partial charge in [0.25, 0.3) is 0 Å². The predicted octanol–water partition coefficient (Wildman–Crippen LogP) is 7.68. The van der Waals surface area contributed by atoms with Gasteiger partial charge in [0.05, 0.1) is 11.1 Å². The van der Waals surface area contributed by atoms with E-state index in [1.165, 1.54) is 11.3 Å². The average molecular weight is 584 g/mol. The third-order valence-corrected chi connectivity index (χ3v) is 8.60. The van der Waals surface area contributed by atoms with Gasteiger partial charge in [-0.25, -0.2) is 9.67 Å². The maximum absolute atomic E-state index is 6.99. The molecule has 0 amide bonds. The van der Waals surface area contributed by atoms with Gasteiger partial charge in [-0.3, -0.25) is 9.98 Å². The molecule has 42 heavy (non-hydrogen) atoms. The van der Waals surface area contributed by atoms with Gasteiger partial charge < -0.3 is 9.47 Å². The molecule has 0 saturated carbocycles. The fourth-order valence-electron chi connectivity index (χ4n) is 5.76. The summed E-state index contributed by atoms with van der Waals surface area (Å²) >= 11 is 6.99. The number of hydrogen-bond donors (Lipinski definition) is 0. The molecule has 0 N–H and O–H groups in total. The lowest BCUT2D eigenvalue weighted by Crippen LogP contribution is -2.36. The van der Waals surface area contributed by atoms with Crippen molar-refractivity contribution in [2.45, 2.75) is 58.3 Å². The first kappa shape index (κ1) is 31.0. The fraction of sp³-hybridized carbons (Fsp3) is 0.353. The number of nitrogens with zero attached hydrogens (tertiary/aromatic N) is 7. The van der Waals surface area contributed by atoms with E-state index in [1.807, 2.05) is 63.5 Å². The summed E-state index contributed by atoms with van der Waals surface area (Å²) < 4.78 is 4.05. The van der Waals surface area contributed by atoms with E-state index in [0.29, 0.717) is 6.42 Å². The molecular formula is C34H42ClN7. The molecule has 3 heterocycles. The molecule has 2 aromatic rings. The van der Waals surface area contributed by atoms with E-state index in [4.69, 9.17) is 16.6 Å². The molecule has 7 nitrogen and oxygen atoms in total. The van der Waals surface area contributed by atoms with Gasteiger partial charge in [0, 0.05) is 80.2 Å². The Hall–Kier alpha value is -3.97. The summed E-state index contributed by atoms with van der Waals surface area (Å²) in [4.78, 5) is 15.9. The zero-order valence-corrected chi connectivity index (χ0v) is 26.5. The Morgan fingerprint density at radius 2 is 2.05 bits per heavy atom. The third-order valence-electron chi connectivity index (χ3n) is 8.23. The standard InChI is InChI=1S/C34H42ClN7/c1-9-26(34(4,32(22-36-5)40(6)7)33-23-37-24(3)41(33)8)14-15-27-21-30(35)29(31(10-2)39-27)20-25-12-16-28(17-13-25)42-19-11-18-38-42/h9,11-12,14-16,18-19,22-23H,1,5,10,13,17,20-21H2,2-4,6-8H3/b26-14+,27-15+,32-22-. The van der Waals surface area contributed by atoms with E-state index in [0.717, 1.165) is 70.5 Å². The summed E-state index contributed by atoms with van der Waals surface area (Å²) in [5.41, 5.74) is 8.09. The molecule has 8 heteroatoms. The average Bonchev–Trinajstić information content (AvgIpc) is 3.63. The second-order valence-corrected chi connectivity index (χ2v) is 11.5. The molecular weight excluding hydrogens is 542 g/mol. The van der Waals surface area contributed by atoms with Crippen LogP contribution in [0.25, 0.3) is 5.70 Å². The second-order valence-electron chi connectivity index (χ2n) is 11.0. The minimum atomic E-state index is -0.591. The van der Waals surface area contributed by atoms with Gasteiger partial charge in [0.1, 0.15) is 5.82 Å². The summed E-state index contributed by atoms with van der Waals surface area (Å²) in [5, 5.41) is 5.22. The Morgan fingerprint density at radius 3 is 2.60 bits per heavy atom. The number of aryl methyl sites for hydroxylation is 1. The van der Waals surface area contributed by atoms with Crippen LogP contribution in [0.3, 0.4) is 0 Å². The molecule has 0 spiro atoms. The van der Waals surface area contributed by atoms with Crippen LogP contribution in [0.5, 0.6) is 0 Å². The molecule has 0 saturated heterocycles. The fourth-order valence-corrected chi connectivity index (χ4v) is 6.07. The van der Waals surface area contributed by atoms with Crippen molar-refractivity contribution < 1.29 is 0 Å². The topological polar surface area (TPSA) is 63.6 Å². The van der Waals surface area contributed by atoms with Gasteiger partial charge in [-0.2, -0.15) is 5.10 Å². The summed E-state index contributed by atoms with van der Waals surface area (Å²) in [5.74, 6) is 0.928. The molecule has 1 aliphatic carbocycles. The zero-order chi connectivity index (χ0) is 30.4. The SMILES string of the molecule is C=C/C(=C\C=C1/CC(Cl)=C(CC2=CC=C(n3cccn3)CC2)C(CC)=N1)C(C)(/C(=C/N=C)N(C)C)c1cnc(C)n1C. The number of hydrogen-bond acceptors (Lipinski definition) is 5. The van der Waals surface area contributed by atoms with Crippen molar-refractivity contribution in [3.8, 4) is 0 Å². The first-order chi connectivity index (χ1) is 20.1. The molecule has 0 radical (unpaired) electrons. The van der Waals surface area contributed by atoms with E-state index < -0.39 is 5.41 Å². The van der Waals surface area contributed by atoms with E-state index in [1.54, 1.807) is 6.20 Å². The predicted molar refractivity (Wildman–Crippen MR) is 177 cm³/mol. The highest BCUT2D eigenvalue weighted by Crippen LogP contribution is 2.41. The molecule has 220 valence electrons. The Kier molecular flexibility index (Phi) is 9.84. The molecule has 1 unspecified atom stereocenters. The van der Waals surface area contributed by atoms with Gasteiger partial charge in [0.2, 0.25) is 0 Å². The van der Waals surface area contributed by atoms with Crippen LogP contribution in [0.4, 0.5) is 0 Å². The highest BCUT2D eigenvalue weighted by molar-refractivity contribution is 6.33. The minimum Gasteiger partial charge on any atom is -0.379 e. The summed E-state index contributed by atoms with van der Waals surface area (Å²) in [6.45, 7) is 14.2. The lowest BCUT2D eigenvalue weighted by Gasteiger charge is -2.37. The third kappa shape index (κ3) is 6.26. The van der Waals surface area contributed by atoms with Crippen LogP contribution in [0, 0.1) is 6.92 Å². The molecule has 0 bridgehead atoms. The smallest absolute Gasteiger partial charge is 0.105 e. The van der Waals surface area contributed by atoms with Crippen molar-refractivity contribution in [1.82, 2.24) is 24.2 Å². The number of aromatic nitrogens is 4. The normalized spacial score (nSPS) is 18.8. The molecule has 2 aliphatic rings. The van der Waals surface area contributed by atoms with Crippen molar-refractivity contribution in [3.05, 3.63) is 112 Å². The lowest BCUT2D eigenvalue weighted by atomic mass is 9.75. The Morgan fingerprint density at radius 1 is 1.26 bits per heavy atom. The highest BCUT2D eigenvalue weighted by atomic mass is 35.5. The van der Waals surface area contributed by atoms with Crippen LogP contribution in [-0.4, -0.2) is 50.8 Å². The largest absolute Gasteiger partial charge is 0.379 e. The first-order valence-corrected chi connectivity index (χ1v) is 14.7. The zero-order valence-electron chi connectivity index (χ0n) is 25.7. The summed E-state index contributed by atoms with van der Waals surface area (Å²) in [6, 6.07) is 1.95. The summed E-state index contributed by atoms with van der Waals surface area (Å²) in [7, 11) is 6.06. The van der Waals surface area contributed by atoms with Crippen LogP contribution in [0.2, 0.25) is 0 Å². The van der Waals surface area contributed by atoms with Crippen molar-refractivity contribution in [2.24, 2.45) is 17.0 Å². The van der Waals surface area contributed by atoms with Gasteiger partial charge in [-0.1, -0.05) is 48.9 Å². The van der Waals surface area contributed by atoms with E-state index in [2.05, 4.69) is 76.0 Å².